The van der Waals surface area contributed by atoms with E-state index in [0.717, 1.165) is 5.56 Å². The third kappa shape index (κ3) is 3.61. The van der Waals surface area contributed by atoms with E-state index >= 15 is 0 Å². The van der Waals surface area contributed by atoms with Crippen LogP contribution in [-0.2, 0) is 11.3 Å². The summed E-state index contributed by atoms with van der Waals surface area (Å²) in [5.41, 5.74) is 1.47. The van der Waals surface area contributed by atoms with Crippen LogP contribution in [0.15, 0.2) is 24.3 Å². The maximum absolute atomic E-state index is 11.6. The van der Waals surface area contributed by atoms with Crippen molar-refractivity contribution in [3.05, 3.63) is 35.4 Å². The standard InChI is InChI=1S/C15H19NO2/c1-5-14(11(2)3)16-10-12-8-6-7-9-13(12)15(17)18-4/h1,6-9,11,14,16H,10H2,2-4H3. The fourth-order valence-electron chi connectivity index (χ4n) is 1.69. The van der Waals surface area contributed by atoms with Gasteiger partial charge in [-0.2, -0.15) is 0 Å². The minimum Gasteiger partial charge on any atom is -0.465 e. The van der Waals surface area contributed by atoms with Crippen molar-refractivity contribution in [2.45, 2.75) is 26.4 Å². The second kappa shape index (κ2) is 6.83. The Balaban J connectivity index is 2.79. The normalized spacial score (nSPS) is 11.9. The minimum absolute atomic E-state index is 0.00398. The van der Waals surface area contributed by atoms with E-state index < -0.39 is 0 Å². The zero-order chi connectivity index (χ0) is 13.5. The van der Waals surface area contributed by atoms with E-state index in [9.17, 15) is 4.79 Å². The smallest absolute Gasteiger partial charge is 0.338 e. The van der Waals surface area contributed by atoms with Gasteiger partial charge in [-0.25, -0.2) is 4.79 Å². The molecule has 0 spiro atoms. The molecule has 1 aromatic carbocycles. The molecule has 0 radical (unpaired) electrons. The summed E-state index contributed by atoms with van der Waals surface area (Å²) in [5, 5.41) is 3.26. The highest BCUT2D eigenvalue weighted by atomic mass is 16.5. The Bertz CT molecular complexity index is 446. The molecule has 0 aliphatic carbocycles. The molecule has 3 nitrogen and oxygen atoms in total. The summed E-state index contributed by atoms with van der Waals surface area (Å²) in [5.74, 6) is 2.73. The van der Waals surface area contributed by atoms with Crippen molar-refractivity contribution in [1.29, 1.82) is 0 Å². The van der Waals surface area contributed by atoms with Crippen LogP contribution in [0, 0.1) is 18.3 Å². The first kappa shape index (κ1) is 14.3. The van der Waals surface area contributed by atoms with Crippen LogP contribution in [0.25, 0.3) is 0 Å². The summed E-state index contributed by atoms with van der Waals surface area (Å²) in [6, 6.07) is 7.35. The van der Waals surface area contributed by atoms with Crippen LogP contribution in [-0.4, -0.2) is 19.1 Å². The Labute approximate surface area is 109 Å². The van der Waals surface area contributed by atoms with Crippen molar-refractivity contribution < 1.29 is 9.53 Å². The number of carbonyl (C=O) groups excluding carboxylic acids is 1. The number of methoxy groups -OCH3 is 1. The average molecular weight is 245 g/mol. The Morgan fingerprint density at radius 1 is 1.44 bits per heavy atom. The lowest BCUT2D eigenvalue weighted by molar-refractivity contribution is 0.0599. The quantitative estimate of drug-likeness (QED) is 0.638. The highest BCUT2D eigenvalue weighted by Crippen LogP contribution is 2.11. The van der Waals surface area contributed by atoms with Crippen molar-refractivity contribution in [3.8, 4) is 12.3 Å². The van der Waals surface area contributed by atoms with Crippen LogP contribution in [0.2, 0.25) is 0 Å². The Hall–Kier alpha value is -1.79. The minimum atomic E-state index is -0.325. The molecule has 0 aliphatic heterocycles. The highest BCUT2D eigenvalue weighted by Gasteiger charge is 2.13. The molecule has 1 N–H and O–H groups in total. The second-order valence-electron chi connectivity index (χ2n) is 4.42. The molecule has 0 aliphatic rings. The molecule has 0 saturated heterocycles. The SMILES string of the molecule is C#CC(NCc1ccccc1C(=O)OC)C(C)C. The van der Waals surface area contributed by atoms with Gasteiger partial charge in [0.1, 0.15) is 0 Å². The molecule has 18 heavy (non-hydrogen) atoms. The molecule has 0 bridgehead atoms. The first-order valence-corrected chi connectivity index (χ1v) is 5.96. The highest BCUT2D eigenvalue weighted by molar-refractivity contribution is 5.90. The van der Waals surface area contributed by atoms with E-state index in [4.69, 9.17) is 11.2 Å². The van der Waals surface area contributed by atoms with Gasteiger partial charge < -0.3 is 4.74 Å². The van der Waals surface area contributed by atoms with Gasteiger partial charge >= 0.3 is 5.97 Å². The molecule has 1 rings (SSSR count). The zero-order valence-electron chi connectivity index (χ0n) is 11.1. The van der Waals surface area contributed by atoms with Gasteiger partial charge in [0, 0.05) is 6.54 Å². The lowest BCUT2D eigenvalue weighted by Gasteiger charge is -2.17. The van der Waals surface area contributed by atoms with Crippen molar-refractivity contribution in [3.63, 3.8) is 0 Å². The summed E-state index contributed by atoms with van der Waals surface area (Å²) in [4.78, 5) is 11.6. The fraction of sp³-hybridized carbons (Fsp3) is 0.400. The first-order valence-electron chi connectivity index (χ1n) is 5.96. The van der Waals surface area contributed by atoms with Crippen molar-refractivity contribution in [1.82, 2.24) is 5.32 Å². The number of terminal acetylenes is 1. The molecule has 1 aromatic rings. The summed E-state index contributed by atoms with van der Waals surface area (Å²) in [7, 11) is 1.38. The second-order valence-corrected chi connectivity index (χ2v) is 4.42. The Morgan fingerprint density at radius 2 is 2.11 bits per heavy atom. The van der Waals surface area contributed by atoms with E-state index in [1.807, 2.05) is 18.2 Å². The molecule has 0 fully saturated rings. The number of hydrogen-bond acceptors (Lipinski definition) is 3. The predicted molar refractivity (Wildman–Crippen MR) is 72.1 cm³/mol. The summed E-state index contributed by atoms with van der Waals surface area (Å²) in [6.45, 7) is 4.67. The molecular formula is C15H19NO2. The largest absolute Gasteiger partial charge is 0.465 e. The zero-order valence-corrected chi connectivity index (χ0v) is 11.1. The van der Waals surface area contributed by atoms with Crippen LogP contribution < -0.4 is 5.32 Å². The Morgan fingerprint density at radius 3 is 2.67 bits per heavy atom. The van der Waals surface area contributed by atoms with Gasteiger partial charge in [-0.1, -0.05) is 38.0 Å². The lowest BCUT2D eigenvalue weighted by atomic mass is 10.0. The molecule has 0 amide bonds. The van der Waals surface area contributed by atoms with Gasteiger partial charge in [-0.15, -0.1) is 6.42 Å². The lowest BCUT2D eigenvalue weighted by Crippen LogP contribution is -2.32. The van der Waals surface area contributed by atoms with E-state index in [2.05, 4.69) is 25.1 Å². The summed E-state index contributed by atoms with van der Waals surface area (Å²) < 4.78 is 4.75. The number of ether oxygens (including phenoxy) is 1. The molecule has 1 atom stereocenters. The van der Waals surface area contributed by atoms with Crippen molar-refractivity contribution in [2.75, 3.05) is 7.11 Å². The predicted octanol–water partition coefficient (Wildman–Crippen LogP) is 2.22. The molecule has 0 aromatic heterocycles. The molecule has 0 heterocycles. The van der Waals surface area contributed by atoms with Crippen molar-refractivity contribution >= 4 is 5.97 Å². The van der Waals surface area contributed by atoms with Gasteiger partial charge in [0.05, 0.1) is 18.7 Å². The number of carbonyl (C=O) groups is 1. The van der Waals surface area contributed by atoms with Crippen LogP contribution >= 0.6 is 0 Å². The van der Waals surface area contributed by atoms with Crippen LogP contribution in [0.5, 0.6) is 0 Å². The van der Waals surface area contributed by atoms with Gasteiger partial charge in [0.2, 0.25) is 0 Å². The first-order chi connectivity index (χ1) is 8.60. The maximum atomic E-state index is 11.6. The van der Waals surface area contributed by atoms with E-state index in [-0.39, 0.29) is 12.0 Å². The van der Waals surface area contributed by atoms with Crippen molar-refractivity contribution in [2.24, 2.45) is 5.92 Å². The molecule has 1 unspecified atom stereocenters. The topological polar surface area (TPSA) is 38.3 Å². The average Bonchev–Trinajstić information content (AvgIpc) is 2.38. The van der Waals surface area contributed by atoms with Gasteiger partial charge in [-0.05, 0) is 17.5 Å². The summed E-state index contributed by atoms with van der Waals surface area (Å²) in [6.07, 6.45) is 5.46. The van der Waals surface area contributed by atoms with Crippen LogP contribution in [0.3, 0.4) is 0 Å². The molecule has 96 valence electrons. The third-order valence-corrected chi connectivity index (χ3v) is 2.78. The molecule has 3 heteroatoms. The summed E-state index contributed by atoms with van der Waals surface area (Å²) >= 11 is 0. The third-order valence-electron chi connectivity index (χ3n) is 2.78. The maximum Gasteiger partial charge on any atom is 0.338 e. The number of hydrogen-bond donors (Lipinski definition) is 1. The number of esters is 1. The Kier molecular flexibility index (Phi) is 5.41. The van der Waals surface area contributed by atoms with Gasteiger partial charge in [-0.3, -0.25) is 5.32 Å². The van der Waals surface area contributed by atoms with Gasteiger partial charge in [0.25, 0.3) is 0 Å². The van der Waals surface area contributed by atoms with Crippen LogP contribution in [0.1, 0.15) is 29.8 Å². The fourth-order valence-corrected chi connectivity index (χ4v) is 1.69. The number of rotatable bonds is 5. The molecule has 0 saturated carbocycles. The monoisotopic (exact) mass is 245 g/mol. The number of benzene rings is 1. The van der Waals surface area contributed by atoms with Gasteiger partial charge in [0.15, 0.2) is 0 Å². The number of nitrogens with one attached hydrogen (secondary N) is 1. The van der Waals surface area contributed by atoms with E-state index in [1.165, 1.54) is 7.11 Å². The molecular weight excluding hydrogens is 226 g/mol. The van der Waals surface area contributed by atoms with E-state index in [1.54, 1.807) is 6.07 Å². The van der Waals surface area contributed by atoms with Crippen LogP contribution in [0.4, 0.5) is 0 Å². The van der Waals surface area contributed by atoms with E-state index in [0.29, 0.717) is 18.0 Å².